The number of carbonyl (C=O) groups is 1. The summed E-state index contributed by atoms with van der Waals surface area (Å²) in [6, 6.07) is 9.77. The minimum atomic E-state index is -0.292. The molecule has 0 saturated heterocycles. The van der Waals surface area contributed by atoms with Crippen LogP contribution < -0.4 is 19.7 Å². The summed E-state index contributed by atoms with van der Waals surface area (Å²) in [4.78, 5) is 13.9. The summed E-state index contributed by atoms with van der Waals surface area (Å²) >= 11 is 0. The summed E-state index contributed by atoms with van der Waals surface area (Å²) < 4.78 is 23.7. The Hall–Kier alpha value is -2.76. The van der Waals surface area contributed by atoms with Crippen LogP contribution in [-0.4, -0.2) is 19.2 Å². The number of ether oxygens (including phenoxy) is 2. The highest BCUT2D eigenvalue weighted by atomic mass is 19.1. The van der Waals surface area contributed by atoms with Crippen LogP contribution in [-0.2, 0) is 11.3 Å². The van der Waals surface area contributed by atoms with Gasteiger partial charge < -0.3 is 19.7 Å². The molecule has 0 fully saturated rings. The average Bonchev–Trinajstić information content (AvgIpc) is 2.97. The Kier molecular flexibility index (Phi) is 2.89. The predicted molar refractivity (Wildman–Crippen MR) is 78.6 cm³/mol. The van der Waals surface area contributed by atoms with Gasteiger partial charge in [0, 0.05) is 12.1 Å². The van der Waals surface area contributed by atoms with Gasteiger partial charge >= 0.3 is 0 Å². The summed E-state index contributed by atoms with van der Waals surface area (Å²) in [7, 11) is 0. The smallest absolute Gasteiger partial charge is 0.246 e. The lowest BCUT2D eigenvalue weighted by molar-refractivity contribution is -0.117. The molecule has 2 aromatic rings. The molecule has 5 nitrogen and oxygen atoms in total. The van der Waals surface area contributed by atoms with Crippen molar-refractivity contribution in [3.63, 3.8) is 0 Å². The number of amides is 1. The van der Waals surface area contributed by atoms with E-state index in [9.17, 15) is 9.18 Å². The van der Waals surface area contributed by atoms with Gasteiger partial charge in [-0.2, -0.15) is 0 Å². The quantitative estimate of drug-likeness (QED) is 0.926. The van der Waals surface area contributed by atoms with Crippen molar-refractivity contribution in [2.24, 2.45) is 0 Å². The fourth-order valence-corrected chi connectivity index (χ4v) is 2.64. The molecule has 22 heavy (non-hydrogen) atoms. The van der Waals surface area contributed by atoms with E-state index in [4.69, 9.17) is 9.47 Å². The van der Waals surface area contributed by atoms with Crippen molar-refractivity contribution in [2.75, 3.05) is 23.6 Å². The number of carbonyl (C=O) groups excluding carboxylic acids is 1. The summed E-state index contributed by atoms with van der Waals surface area (Å²) in [6.07, 6.45) is 0. The number of fused-ring (bicyclic) bond motifs is 2. The molecule has 1 N–H and O–H groups in total. The molecule has 0 aromatic heterocycles. The van der Waals surface area contributed by atoms with Crippen LogP contribution >= 0.6 is 0 Å². The van der Waals surface area contributed by atoms with E-state index in [2.05, 4.69) is 5.32 Å². The third-order valence-corrected chi connectivity index (χ3v) is 3.77. The molecule has 0 radical (unpaired) electrons. The SMILES string of the molecule is O=C1CNc2cc3c(cc2N1Cc1ccc(F)cc1)OCO3. The number of benzene rings is 2. The zero-order valence-corrected chi connectivity index (χ0v) is 11.6. The van der Waals surface area contributed by atoms with Crippen LogP contribution in [0.1, 0.15) is 5.56 Å². The van der Waals surface area contributed by atoms with Crippen LogP contribution in [0.15, 0.2) is 36.4 Å². The Bertz CT molecular complexity index is 746. The van der Waals surface area contributed by atoms with Crippen LogP contribution in [0.3, 0.4) is 0 Å². The Morgan fingerprint density at radius 1 is 1.14 bits per heavy atom. The number of rotatable bonds is 2. The number of halogens is 1. The van der Waals surface area contributed by atoms with Gasteiger partial charge in [-0.15, -0.1) is 0 Å². The van der Waals surface area contributed by atoms with Crippen LogP contribution in [0.25, 0.3) is 0 Å². The first-order valence-electron chi connectivity index (χ1n) is 6.93. The monoisotopic (exact) mass is 300 g/mol. The van der Waals surface area contributed by atoms with Gasteiger partial charge in [-0.25, -0.2) is 4.39 Å². The third kappa shape index (κ3) is 2.13. The van der Waals surface area contributed by atoms with Crippen molar-refractivity contribution >= 4 is 17.3 Å². The number of anilines is 2. The second-order valence-corrected chi connectivity index (χ2v) is 5.18. The van der Waals surface area contributed by atoms with Gasteiger partial charge in [0.2, 0.25) is 12.7 Å². The van der Waals surface area contributed by atoms with E-state index in [-0.39, 0.29) is 25.1 Å². The first-order valence-corrected chi connectivity index (χ1v) is 6.93. The molecule has 112 valence electrons. The maximum Gasteiger partial charge on any atom is 0.246 e. The van der Waals surface area contributed by atoms with E-state index in [1.165, 1.54) is 12.1 Å². The summed E-state index contributed by atoms with van der Waals surface area (Å²) in [6.45, 7) is 0.783. The van der Waals surface area contributed by atoms with E-state index in [0.29, 0.717) is 18.0 Å². The normalized spacial score (nSPS) is 15.5. The molecular formula is C16H13FN2O3. The molecule has 4 rings (SSSR count). The lowest BCUT2D eigenvalue weighted by Crippen LogP contribution is -2.39. The maximum absolute atomic E-state index is 13.0. The molecule has 0 unspecified atom stereocenters. The molecule has 0 saturated carbocycles. The van der Waals surface area contributed by atoms with Crippen LogP contribution in [0.4, 0.5) is 15.8 Å². The lowest BCUT2D eigenvalue weighted by atomic mass is 10.1. The Balaban J connectivity index is 1.70. The molecule has 2 aromatic carbocycles. The van der Waals surface area contributed by atoms with Gasteiger partial charge in [-0.05, 0) is 17.7 Å². The predicted octanol–water partition coefficient (Wildman–Crippen LogP) is 2.51. The molecular weight excluding hydrogens is 287 g/mol. The highest BCUT2D eigenvalue weighted by molar-refractivity contribution is 6.03. The van der Waals surface area contributed by atoms with Gasteiger partial charge in [0.05, 0.1) is 24.5 Å². The van der Waals surface area contributed by atoms with Crippen molar-refractivity contribution in [3.05, 3.63) is 47.8 Å². The fraction of sp³-hybridized carbons (Fsp3) is 0.188. The molecule has 2 aliphatic rings. The first-order chi connectivity index (χ1) is 10.7. The minimum absolute atomic E-state index is 0.0457. The minimum Gasteiger partial charge on any atom is -0.454 e. The maximum atomic E-state index is 13.0. The zero-order chi connectivity index (χ0) is 15.1. The Morgan fingerprint density at radius 2 is 1.86 bits per heavy atom. The number of hydrogen-bond acceptors (Lipinski definition) is 4. The van der Waals surface area contributed by atoms with Gasteiger partial charge in [-0.1, -0.05) is 12.1 Å². The van der Waals surface area contributed by atoms with Crippen molar-refractivity contribution < 1.29 is 18.7 Å². The van der Waals surface area contributed by atoms with Gasteiger partial charge in [-0.3, -0.25) is 4.79 Å². The summed E-state index contributed by atoms with van der Waals surface area (Å²) in [5.41, 5.74) is 2.43. The largest absolute Gasteiger partial charge is 0.454 e. The third-order valence-electron chi connectivity index (χ3n) is 3.77. The average molecular weight is 300 g/mol. The van der Waals surface area contributed by atoms with E-state index >= 15 is 0 Å². The Labute approximate surface area is 126 Å². The highest BCUT2D eigenvalue weighted by Crippen LogP contribution is 2.42. The van der Waals surface area contributed by atoms with E-state index in [1.54, 1.807) is 23.1 Å². The summed E-state index contributed by atoms with van der Waals surface area (Å²) in [5.74, 6) is 0.955. The van der Waals surface area contributed by atoms with Gasteiger partial charge in [0.25, 0.3) is 0 Å². The lowest BCUT2D eigenvalue weighted by Gasteiger charge is -2.30. The van der Waals surface area contributed by atoms with Crippen molar-refractivity contribution in [1.29, 1.82) is 0 Å². The van der Waals surface area contributed by atoms with E-state index < -0.39 is 0 Å². The molecule has 0 atom stereocenters. The number of nitrogens with zero attached hydrogens (tertiary/aromatic N) is 1. The van der Waals surface area contributed by atoms with E-state index in [0.717, 1.165) is 16.9 Å². The standard InChI is InChI=1S/C16H13FN2O3/c17-11-3-1-10(2-4-11)8-19-13-6-15-14(21-9-22-15)5-12(13)18-7-16(19)20/h1-6,18H,7-9H2. The second kappa shape index (κ2) is 4.91. The molecule has 2 aliphatic heterocycles. The molecule has 0 bridgehead atoms. The number of nitrogens with one attached hydrogen (secondary N) is 1. The molecule has 2 heterocycles. The zero-order valence-electron chi connectivity index (χ0n) is 11.6. The summed E-state index contributed by atoms with van der Waals surface area (Å²) in [5, 5.41) is 3.08. The van der Waals surface area contributed by atoms with Crippen LogP contribution in [0.2, 0.25) is 0 Å². The van der Waals surface area contributed by atoms with E-state index in [1.807, 2.05) is 6.07 Å². The molecule has 0 spiro atoms. The van der Waals surface area contributed by atoms with Crippen molar-refractivity contribution in [2.45, 2.75) is 6.54 Å². The van der Waals surface area contributed by atoms with Gasteiger partial charge in [0.1, 0.15) is 5.82 Å². The molecule has 1 amide bonds. The number of hydrogen-bond donors (Lipinski definition) is 1. The Morgan fingerprint density at radius 3 is 2.64 bits per heavy atom. The van der Waals surface area contributed by atoms with Gasteiger partial charge in [0.15, 0.2) is 11.5 Å². The fourth-order valence-electron chi connectivity index (χ4n) is 2.64. The molecule has 0 aliphatic carbocycles. The van der Waals surface area contributed by atoms with Crippen molar-refractivity contribution in [3.8, 4) is 11.5 Å². The topological polar surface area (TPSA) is 50.8 Å². The van der Waals surface area contributed by atoms with Crippen LogP contribution in [0.5, 0.6) is 11.5 Å². The highest BCUT2D eigenvalue weighted by Gasteiger charge is 2.27. The van der Waals surface area contributed by atoms with Crippen LogP contribution in [0, 0.1) is 5.82 Å². The first kappa shape index (κ1) is 12.9. The van der Waals surface area contributed by atoms with Crippen molar-refractivity contribution in [1.82, 2.24) is 0 Å². The second-order valence-electron chi connectivity index (χ2n) is 5.18. The molecule has 6 heteroatoms.